The number of fused-ring (bicyclic) bond motifs is 4. The Labute approximate surface area is 239 Å². The van der Waals surface area contributed by atoms with Gasteiger partial charge in [0.15, 0.2) is 0 Å². The SMILES string of the molecule is Cc1cc(C)c2c(c1)-c1c(ssc1=S)C(C)(C)N2C(=O)[C@@H](Cc1ccccc1)N1C(=O)c2ccccc2C1=O. The molecule has 2 aliphatic heterocycles. The van der Waals surface area contributed by atoms with Crippen LogP contribution in [0, 0.1) is 17.7 Å². The molecule has 8 heteroatoms. The van der Waals surface area contributed by atoms with Crippen LogP contribution in [0.1, 0.15) is 56.1 Å². The highest BCUT2D eigenvalue weighted by Gasteiger charge is 2.50. The van der Waals surface area contributed by atoms with Crippen molar-refractivity contribution in [1.82, 2.24) is 4.90 Å². The maximum Gasteiger partial charge on any atom is 0.262 e. The predicted octanol–water partition coefficient (Wildman–Crippen LogP) is 7.31. The van der Waals surface area contributed by atoms with E-state index in [1.54, 1.807) is 44.9 Å². The Bertz CT molecular complexity index is 1700. The maximum atomic E-state index is 14.9. The van der Waals surface area contributed by atoms with Gasteiger partial charge in [0, 0.05) is 17.5 Å². The summed E-state index contributed by atoms with van der Waals surface area (Å²) in [4.78, 5) is 46.3. The molecule has 1 aromatic heterocycles. The van der Waals surface area contributed by atoms with Crippen LogP contribution >= 0.6 is 32.9 Å². The van der Waals surface area contributed by atoms with Crippen LogP contribution in [-0.2, 0) is 16.8 Å². The summed E-state index contributed by atoms with van der Waals surface area (Å²) >= 11 is 5.77. The highest BCUT2D eigenvalue weighted by Crippen LogP contribution is 2.53. The molecule has 196 valence electrons. The largest absolute Gasteiger partial charge is 0.299 e. The number of aryl methyl sites for hydroxylation is 2. The quantitative estimate of drug-likeness (QED) is 0.147. The van der Waals surface area contributed by atoms with Gasteiger partial charge in [-0.2, -0.15) is 0 Å². The van der Waals surface area contributed by atoms with E-state index in [0.717, 1.165) is 42.2 Å². The lowest BCUT2D eigenvalue weighted by atomic mass is 9.84. The zero-order valence-electron chi connectivity index (χ0n) is 22.0. The fourth-order valence-corrected chi connectivity index (χ4v) is 9.16. The molecule has 3 amide bonds. The number of benzene rings is 3. The molecule has 0 spiro atoms. The maximum absolute atomic E-state index is 14.9. The lowest BCUT2D eigenvalue weighted by Gasteiger charge is -2.46. The number of carbonyl (C=O) groups excluding carboxylic acids is 3. The molecular weight excluding hydrogens is 545 g/mol. The molecular formula is C31H26N2O3S3. The molecule has 4 aromatic rings. The van der Waals surface area contributed by atoms with Crippen LogP contribution in [0.25, 0.3) is 11.1 Å². The highest BCUT2D eigenvalue weighted by molar-refractivity contribution is 7.80. The molecule has 2 aliphatic rings. The topological polar surface area (TPSA) is 57.7 Å². The average Bonchev–Trinajstić information content (AvgIpc) is 3.42. The minimum Gasteiger partial charge on any atom is -0.299 e. The van der Waals surface area contributed by atoms with Gasteiger partial charge in [-0.3, -0.25) is 24.2 Å². The van der Waals surface area contributed by atoms with Crippen molar-refractivity contribution in [3.8, 4) is 11.1 Å². The summed E-state index contributed by atoms with van der Waals surface area (Å²) in [7, 11) is 3.13. The van der Waals surface area contributed by atoms with Crippen molar-refractivity contribution >= 4 is 56.3 Å². The fraction of sp³-hybridized carbons (Fsp3) is 0.226. The molecule has 0 saturated carbocycles. The summed E-state index contributed by atoms with van der Waals surface area (Å²) in [6.07, 6.45) is 0.212. The van der Waals surface area contributed by atoms with Gasteiger partial charge in [-0.25, -0.2) is 0 Å². The molecule has 0 saturated heterocycles. The summed E-state index contributed by atoms with van der Waals surface area (Å²) in [5.41, 5.74) is 5.54. The van der Waals surface area contributed by atoms with Crippen molar-refractivity contribution in [2.45, 2.75) is 45.7 Å². The smallest absolute Gasteiger partial charge is 0.262 e. The van der Waals surface area contributed by atoms with E-state index in [1.165, 1.54) is 4.90 Å². The molecule has 0 radical (unpaired) electrons. The summed E-state index contributed by atoms with van der Waals surface area (Å²) in [5, 5.41) is 0. The van der Waals surface area contributed by atoms with Crippen molar-refractivity contribution < 1.29 is 14.4 Å². The van der Waals surface area contributed by atoms with Gasteiger partial charge >= 0.3 is 0 Å². The first-order valence-electron chi connectivity index (χ1n) is 12.7. The number of anilines is 1. The molecule has 0 unspecified atom stereocenters. The summed E-state index contributed by atoms with van der Waals surface area (Å²) in [5.74, 6) is -1.17. The van der Waals surface area contributed by atoms with Crippen LogP contribution in [0.2, 0.25) is 0 Å². The average molecular weight is 571 g/mol. The number of rotatable bonds is 4. The second-order valence-corrected chi connectivity index (χ2v) is 13.4. The second-order valence-electron chi connectivity index (χ2n) is 10.6. The summed E-state index contributed by atoms with van der Waals surface area (Å²) in [6, 6.07) is 19.4. The van der Waals surface area contributed by atoms with E-state index in [-0.39, 0.29) is 12.3 Å². The number of imide groups is 1. The van der Waals surface area contributed by atoms with E-state index in [1.807, 2.05) is 62.9 Å². The molecule has 1 atom stereocenters. The third-order valence-corrected chi connectivity index (χ3v) is 10.9. The second kappa shape index (κ2) is 9.33. The van der Waals surface area contributed by atoms with Gasteiger partial charge in [-0.15, -0.1) is 0 Å². The molecule has 6 rings (SSSR count). The van der Waals surface area contributed by atoms with Gasteiger partial charge in [0.25, 0.3) is 17.7 Å². The van der Waals surface area contributed by atoms with Crippen molar-refractivity contribution in [2.75, 3.05) is 4.90 Å². The number of hydrogen-bond donors (Lipinski definition) is 0. The monoisotopic (exact) mass is 570 g/mol. The van der Waals surface area contributed by atoms with Crippen LogP contribution < -0.4 is 4.90 Å². The van der Waals surface area contributed by atoms with Gasteiger partial charge in [0.2, 0.25) is 0 Å². The van der Waals surface area contributed by atoms with E-state index in [2.05, 4.69) is 12.1 Å². The van der Waals surface area contributed by atoms with Gasteiger partial charge < -0.3 is 0 Å². The van der Waals surface area contributed by atoms with E-state index in [4.69, 9.17) is 12.2 Å². The molecule has 0 fully saturated rings. The first-order chi connectivity index (χ1) is 18.6. The normalized spacial score (nSPS) is 16.1. The molecule has 5 nitrogen and oxygen atoms in total. The standard InChI is InChI=1S/C31H26N2O3S3/c1-17-14-18(2)25-22(15-17)24-26(38-39-30(24)37)31(3,4)33(25)29(36)23(16-19-10-6-5-7-11-19)32-27(34)20-12-8-9-13-21(20)28(32)35/h5-15,23H,16H2,1-4H3/t23-/m1/s1. The Kier molecular flexibility index (Phi) is 6.17. The van der Waals surface area contributed by atoms with E-state index in [0.29, 0.717) is 11.1 Å². The first-order valence-corrected chi connectivity index (χ1v) is 15.3. The predicted molar refractivity (Wildman–Crippen MR) is 159 cm³/mol. The van der Waals surface area contributed by atoms with E-state index in [9.17, 15) is 14.4 Å². The highest BCUT2D eigenvalue weighted by atomic mass is 32.9. The molecule has 3 aromatic carbocycles. The van der Waals surface area contributed by atoms with Crippen LogP contribution in [0.15, 0.2) is 66.7 Å². The zero-order chi connectivity index (χ0) is 27.6. The van der Waals surface area contributed by atoms with Crippen molar-refractivity contribution in [3.63, 3.8) is 0 Å². The number of nitrogens with zero attached hydrogens (tertiary/aromatic N) is 2. The Morgan fingerprint density at radius 2 is 1.51 bits per heavy atom. The van der Waals surface area contributed by atoms with Crippen LogP contribution in [-0.4, -0.2) is 28.7 Å². The summed E-state index contributed by atoms with van der Waals surface area (Å²) in [6.45, 7) is 8.08. The number of hydrogen-bond acceptors (Lipinski definition) is 6. The molecule has 0 bridgehead atoms. The number of carbonyl (C=O) groups is 3. The van der Waals surface area contributed by atoms with Crippen LogP contribution in [0.3, 0.4) is 0 Å². The molecule has 39 heavy (non-hydrogen) atoms. The molecule has 3 heterocycles. The van der Waals surface area contributed by atoms with Gasteiger partial charge in [-0.05, 0) is 57.0 Å². The van der Waals surface area contributed by atoms with Gasteiger partial charge in [0.1, 0.15) is 9.87 Å². The van der Waals surface area contributed by atoms with Crippen LogP contribution in [0.5, 0.6) is 0 Å². The third-order valence-electron chi connectivity index (χ3n) is 7.60. The number of amides is 3. The van der Waals surface area contributed by atoms with E-state index < -0.39 is 23.4 Å². The fourth-order valence-electron chi connectivity index (χ4n) is 5.88. The van der Waals surface area contributed by atoms with Gasteiger partial charge in [-0.1, -0.05) is 87.0 Å². The molecule has 0 N–H and O–H groups in total. The zero-order valence-corrected chi connectivity index (χ0v) is 24.4. The van der Waals surface area contributed by atoms with Crippen molar-refractivity contribution in [3.05, 3.63) is 103 Å². The Hall–Kier alpha value is -3.46. The van der Waals surface area contributed by atoms with Gasteiger partial charge in [0.05, 0.1) is 27.2 Å². The Morgan fingerprint density at radius 3 is 2.15 bits per heavy atom. The van der Waals surface area contributed by atoms with Crippen molar-refractivity contribution in [1.29, 1.82) is 0 Å². The van der Waals surface area contributed by atoms with Crippen LogP contribution in [0.4, 0.5) is 5.69 Å². The minimum absolute atomic E-state index is 0.212. The third kappa shape index (κ3) is 3.92. The Balaban J connectivity index is 1.55. The first kappa shape index (κ1) is 25.8. The Morgan fingerprint density at radius 1 is 0.897 bits per heavy atom. The van der Waals surface area contributed by atoms with Crippen molar-refractivity contribution in [2.24, 2.45) is 0 Å². The summed E-state index contributed by atoms with van der Waals surface area (Å²) < 4.78 is 0.808. The van der Waals surface area contributed by atoms with E-state index >= 15 is 0 Å². The lowest BCUT2D eigenvalue weighted by molar-refractivity contribution is -0.123. The molecule has 0 aliphatic carbocycles. The minimum atomic E-state index is -1.03. The lowest BCUT2D eigenvalue weighted by Crippen LogP contribution is -2.58.